The highest BCUT2D eigenvalue weighted by atomic mass is 31.1. The number of rotatable bonds is 1. The maximum atomic E-state index is 2.39. The van der Waals surface area contributed by atoms with Crippen molar-refractivity contribution in [3.05, 3.63) is 12.2 Å². The van der Waals surface area contributed by atoms with Crippen molar-refractivity contribution in [1.82, 2.24) is 0 Å². The van der Waals surface area contributed by atoms with Gasteiger partial charge in [0.25, 0.3) is 0 Å². The van der Waals surface area contributed by atoms with Crippen molar-refractivity contribution in [3.8, 4) is 0 Å². The van der Waals surface area contributed by atoms with E-state index in [-0.39, 0.29) is 0 Å². The second kappa shape index (κ2) is 3.37. The molecule has 1 aliphatic carbocycles. The maximum absolute atomic E-state index is 2.39. The van der Waals surface area contributed by atoms with E-state index in [0.29, 0.717) is 7.92 Å². The predicted octanol–water partition coefficient (Wildman–Crippen LogP) is 2.84. The SMILES string of the molecule is CP(C)C1CC=CCC1. The van der Waals surface area contributed by atoms with Gasteiger partial charge >= 0.3 is 0 Å². The molecule has 0 heterocycles. The van der Waals surface area contributed by atoms with Crippen LogP contribution in [0.15, 0.2) is 12.2 Å². The van der Waals surface area contributed by atoms with Gasteiger partial charge in [0.15, 0.2) is 0 Å². The molecule has 0 saturated heterocycles. The molecular formula is C8H15P. The average molecular weight is 142 g/mol. The van der Waals surface area contributed by atoms with Crippen LogP contribution in [-0.4, -0.2) is 19.0 Å². The van der Waals surface area contributed by atoms with Gasteiger partial charge < -0.3 is 0 Å². The van der Waals surface area contributed by atoms with E-state index in [1.165, 1.54) is 19.3 Å². The molecule has 0 bridgehead atoms. The fraction of sp³-hybridized carbons (Fsp3) is 0.750. The molecule has 1 aliphatic rings. The summed E-state index contributed by atoms with van der Waals surface area (Å²) >= 11 is 0. The van der Waals surface area contributed by atoms with Gasteiger partial charge in [-0.3, -0.25) is 0 Å². The number of allylic oxidation sites excluding steroid dienone is 2. The minimum Gasteiger partial charge on any atom is -0.110 e. The van der Waals surface area contributed by atoms with Gasteiger partial charge in [-0.05, 0) is 38.3 Å². The van der Waals surface area contributed by atoms with Crippen molar-refractivity contribution >= 4 is 7.92 Å². The second-order valence-electron chi connectivity index (χ2n) is 2.90. The molecule has 0 aromatic rings. The molecule has 9 heavy (non-hydrogen) atoms. The molecule has 0 saturated carbocycles. The van der Waals surface area contributed by atoms with Crippen LogP contribution in [0.25, 0.3) is 0 Å². The number of hydrogen-bond donors (Lipinski definition) is 0. The van der Waals surface area contributed by atoms with Crippen LogP contribution >= 0.6 is 7.92 Å². The zero-order valence-electron chi connectivity index (χ0n) is 6.30. The highest BCUT2D eigenvalue weighted by Gasteiger charge is 2.11. The van der Waals surface area contributed by atoms with E-state index in [1.807, 2.05) is 0 Å². The summed E-state index contributed by atoms with van der Waals surface area (Å²) in [6.07, 6.45) is 8.77. The molecule has 1 heteroatoms. The Hall–Kier alpha value is 0.170. The van der Waals surface area contributed by atoms with Crippen LogP contribution in [0.5, 0.6) is 0 Å². The second-order valence-corrected chi connectivity index (χ2v) is 5.56. The van der Waals surface area contributed by atoms with Gasteiger partial charge in [0.1, 0.15) is 0 Å². The van der Waals surface area contributed by atoms with E-state index in [9.17, 15) is 0 Å². The van der Waals surface area contributed by atoms with Crippen LogP contribution in [-0.2, 0) is 0 Å². The van der Waals surface area contributed by atoms with Crippen LogP contribution in [0.2, 0.25) is 0 Å². The van der Waals surface area contributed by atoms with Crippen molar-refractivity contribution in [2.75, 3.05) is 13.3 Å². The summed E-state index contributed by atoms with van der Waals surface area (Å²) < 4.78 is 0. The maximum Gasteiger partial charge on any atom is -0.0177 e. The fourth-order valence-electron chi connectivity index (χ4n) is 1.25. The lowest BCUT2D eigenvalue weighted by atomic mass is 10.1. The molecule has 1 unspecified atom stereocenters. The summed E-state index contributed by atoms with van der Waals surface area (Å²) in [7, 11) is 0.330. The van der Waals surface area contributed by atoms with E-state index in [4.69, 9.17) is 0 Å². The topological polar surface area (TPSA) is 0 Å². The first-order chi connectivity index (χ1) is 4.30. The highest BCUT2D eigenvalue weighted by Crippen LogP contribution is 2.39. The summed E-state index contributed by atoms with van der Waals surface area (Å²) in [6.45, 7) is 4.78. The van der Waals surface area contributed by atoms with Gasteiger partial charge in [0.2, 0.25) is 0 Å². The molecular weight excluding hydrogens is 127 g/mol. The Morgan fingerprint density at radius 1 is 1.33 bits per heavy atom. The molecule has 1 atom stereocenters. The van der Waals surface area contributed by atoms with Gasteiger partial charge in [-0.2, -0.15) is 0 Å². The van der Waals surface area contributed by atoms with Crippen molar-refractivity contribution in [3.63, 3.8) is 0 Å². The molecule has 0 aromatic carbocycles. The molecule has 0 spiro atoms. The summed E-state index contributed by atoms with van der Waals surface area (Å²) in [5.74, 6) is 0. The molecule has 0 nitrogen and oxygen atoms in total. The van der Waals surface area contributed by atoms with Gasteiger partial charge in [0, 0.05) is 0 Å². The Balaban J connectivity index is 2.35. The van der Waals surface area contributed by atoms with Gasteiger partial charge in [-0.1, -0.05) is 12.2 Å². The molecule has 1 rings (SSSR count). The molecule has 52 valence electrons. The minimum atomic E-state index is 0.330. The Morgan fingerprint density at radius 2 is 2.11 bits per heavy atom. The first-order valence-electron chi connectivity index (χ1n) is 3.62. The van der Waals surface area contributed by atoms with Crippen molar-refractivity contribution in [2.24, 2.45) is 0 Å². The molecule has 0 aliphatic heterocycles. The fourth-order valence-corrected chi connectivity index (χ4v) is 2.46. The van der Waals surface area contributed by atoms with E-state index >= 15 is 0 Å². The van der Waals surface area contributed by atoms with Crippen molar-refractivity contribution in [2.45, 2.75) is 24.9 Å². The third-order valence-corrected chi connectivity index (χ3v) is 3.90. The van der Waals surface area contributed by atoms with E-state index in [2.05, 4.69) is 25.5 Å². The Kier molecular flexibility index (Phi) is 2.72. The predicted molar refractivity (Wildman–Crippen MR) is 45.5 cm³/mol. The van der Waals surface area contributed by atoms with Crippen molar-refractivity contribution in [1.29, 1.82) is 0 Å². The molecule has 0 amide bonds. The molecule has 0 radical (unpaired) electrons. The monoisotopic (exact) mass is 142 g/mol. The van der Waals surface area contributed by atoms with E-state index in [1.54, 1.807) is 0 Å². The number of hydrogen-bond acceptors (Lipinski definition) is 0. The van der Waals surface area contributed by atoms with Crippen molar-refractivity contribution < 1.29 is 0 Å². The van der Waals surface area contributed by atoms with Gasteiger partial charge in [-0.15, -0.1) is 7.92 Å². The van der Waals surface area contributed by atoms with E-state index < -0.39 is 0 Å². The first-order valence-corrected chi connectivity index (χ1v) is 5.92. The zero-order valence-corrected chi connectivity index (χ0v) is 7.20. The smallest absolute Gasteiger partial charge is 0.0177 e. The summed E-state index contributed by atoms with van der Waals surface area (Å²) in [6, 6.07) is 0. The van der Waals surface area contributed by atoms with Crippen LogP contribution in [0.4, 0.5) is 0 Å². The van der Waals surface area contributed by atoms with Crippen LogP contribution in [0.1, 0.15) is 19.3 Å². The third-order valence-electron chi connectivity index (χ3n) is 1.97. The quantitative estimate of drug-likeness (QED) is 0.390. The lowest BCUT2D eigenvalue weighted by molar-refractivity contribution is 0.740. The lowest BCUT2D eigenvalue weighted by Gasteiger charge is -2.21. The summed E-state index contributed by atoms with van der Waals surface area (Å²) in [5.41, 5.74) is 1.03. The average Bonchev–Trinajstić information content (AvgIpc) is 1.90. The third kappa shape index (κ3) is 2.10. The molecule has 0 aromatic heterocycles. The molecule has 0 fully saturated rings. The van der Waals surface area contributed by atoms with Crippen LogP contribution < -0.4 is 0 Å². The Labute approximate surface area is 59.1 Å². The van der Waals surface area contributed by atoms with Gasteiger partial charge in [0.05, 0.1) is 0 Å². The Bertz CT molecular complexity index is 105. The molecule has 0 N–H and O–H groups in total. The first kappa shape index (κ1) is 7.28. The van der Waals surface area contributed by atoms with E-state index in [0.717, 1.165) is 5.66 Å². The largest absolute Gasteiger partial charge is 0.110 e. The lowest BCUT2D eigenvalue weighted by Crippen LogP contribution is -2.05. The zero-order chi connectivity index (χ0) is 6.69. The highest BCUT2D eigenvalue weighted by molar-refractivity contribution is 7.56. The van der Waals surface area contributed by atoms with Gasteiger partial charge in [-0.25, -0.2) is 0 Å². The van der Waals surface area contributed by atoms with Crippen LogP contribution in [0.3, 0.4) is 0 Å². The Morgan fingerprint density at radius 3 is 2.44 bits per heavy atom. The van der Waals surface area contributed by atoms with Crippen LogP contribution in [0, 0.1) is 0 Å². The minimum absolute atomic E-state index is 0.330. The normalized spacial score (nSPS) is 27.2. The summed E-state index contributed by atoms with van der Waals surface area (Å²) in [4.78, 5) is 0. The summed E-state index contributed by atoms with van der Waals surface area (Å²) in [5, 5.41) is 0. The standard InChI is InChI=1S/C8H15P/c1-9(2)8-6-4-3-5-7-8/h3-4,8H,5-7H2,1-2H3.